The van der Waals surface area contributed by atoms with E-state index in [2.05, 4.69) is 4.90 Å². The van der Waals surface area contributed by atoms with Crippen molar-refractivity contribution >= 4 is 5.78 Å². The van der Waals surface area contributed by atoms with Crippen LogP contribution in [0, 0.1) is 6.92 Å². The number of ketones is 1. The number of ether oxygens (including phenoxy) is 1. The topological polar surface area (TPSA) is 29.5 Å². The van der Waals surface area contributed by atoms with E-state index in [0.717, 1.165) is 44.0 Å². The van der Waals surface area contributed by atoms with Crippen molar-refractivity contribution in [2.45, 2.75) is 13.3 Å². The lowest BCUT2D eigenvalue weighted by molar-refractivity contribution is 0.0370. The predicted molar refractivity (Wildman–Crippen MR) is 67.4 cm³/mol. The van der Waals surface area contributed by atoms with E-state index in [4.69, 9.17) is 4.74 Å². The van der Waals surface area contributed by atoms with Crippen LogP contribution in [0.4, 0.5) is 0 Å². The highest BCUT2D eigenvalue weighted by molar-refractivity contribution is 5.97. The number of benzene rings is 1. The van der Waals surface area contributed by atoms with Gasteiger partial charge in [-0.25, -0.2) is 0 Å². The van der Waals surface area contributed by atoms with E-state index in [-0.39, 0.29) is 5.78 Å². The molecule has 1 fully saturated rings. The van der Waals surface area contributed by atoms with Crippen LogP contribution < -0.4 is 0 Å². The zero-order valence-electron chi connectivity index (χ0n) is 10.3. The van der Waals surface area contributed by atoms with Gasteiger partial charge in [0.05, 0.1) is 13.2 Å². The van der Waals surface area contributed by atoms with Gasteiger partial charge in [0, 0.05) is 31.6 Å². The third kappa shape index (κ3) is 3.38. The van der Waals surface area contributed by atoms with Gasteiger partial charge >= 0.3 is 0 Å². The van der Waals surface area contributed by atoms with Crippen LogP contribution in [0.15, 0.2) is 24.3 Å². The predicted octanol–water partition coefficient (Wildman–Crippen LogP) is 1.90. The summed E-state index contributed by atoms with van der Waals surface area (Å²) in [5.74, 6) is 0.245. The second kappa shape index (κ2) is 5.94. The molecule has 0 aliphatic carbocycles. The normalized spacial score (nSPS) is 17.0. The first kappa shape index (κ1) is 12.3. The maximum absolute atomic E-state index is 12.1. The molecule has 0 N–H and O–H groups in total. The molecule has 0 saturated carbocycles. The minimum absolute atomic E-state index is 0.245. The first-order valence-electron chi connectivity index (χ1n) is 6.16. The third-order valence-electron chi connectivity index (χ3n) is 3.20. The molecule has 1 heterocycles. The van der Waals surface area contributed by atoms with E-state index in [1.807, 2.05) is 31.2 Å². The van der Waals surface area contributed by atoms with Gasteiger partial charge < -0.3 is 4.74 Å². The molecule has 1 aromatic rings. The molecule has 1 aromatic carbocycles. The number of Topliss-reactive ketones (excluding diaryl/α,β-unsaturated/α-hetero) is 1. The Kier molecular flexibility index (Phi) is 4.29. The number of hydrogen-bond donors (Lipinski definition) is 0. The van der Waals surface area contributed by atoms with Gasteiger partial charge in [-0.1, -0.05) is 24.3 Å². The van der Waals surface area contributed by atoms with Crippen LogP contribution in [-0.2, 0) is 4.74 Å². The summed E-state index contributed by atoms with van der Waals surface area (Å²) < 4.78 is 5.28. The van der Waals surface area contributed by atoms with Crippen LogP contribution in [0.25, 0.3) is 0 Å². The lowest BCUT2D eigenvalue weighted by Gasteiger charge is -2.26. The highest BCUT2D eigenvalue weighted by Gasteiger charge is 2.13. The molecule has 3 heteroatoms. The molecule has 0 radical (unpaired) electrons. The van der Waals surface area contributed by atoms with Crippen LogP contribution in [0.2, 0.25) is 0 Å². The second-order valence-electron chi connectivity index (χ2n) is 4.44. The number of hydrogen-bond acceptors (Lipinski definition) is 3. The molecule has 3 nitrogen and oxygen atoms in total. The number of aryl methyl sites for hydroxylation is 1. The standard InChI is InChI=1S/C14H19NO2/c1-12-4-2-3-5-13(12)14(16)6-7-15-8-10-17-11-9-15/h2-5H,6-11H2,1H3. The van der Waals surface area contributed by atoms with Crippen molar-refractivity contribution in [2.24, 2.45) is 0 Å². The first-order chi connectivity index (χ1) is 8.27. The van der Waals surface area contributed by atoms with Crippen molar-refractivity contribution in [1.82, 2.24) is 4.90 Å². The summed E-state index contributed by atoms with van der Waals surface area (Å²) in [6.45, 7) is 6.30. The Morgan fingerprint density at radius 1 is 1.29 bits per heavy atom. The maximum atomic E-state index is 12.1. The Bertz CT molecular complexity index is 384. The molecule has 0 spiro atoms. The fourth-order valence-corrected chi connectivity index (χ4v) is 2.10. The van der Waals surface area contributed by atoms with Gasteiger partial charge in [0.25, 0.3) is 0 Å². The molecule has 1 aliphatic heterocycles. The summed E-state index contributed by atoms with van der Waals surface area (Å²) in [4.78, 5) is 14.3. The molecule has 92 valence electrons. The summed E-state index contributed by atoms with van der Waals surface area (Å²) in [5, 5.41) is 0. The minimum Gasteiger partial charge on any atom is -0.379 e. The van der Waals surface area contributed by atoms with Crippen LogP contribution in [0.5, 0.6) is 0 Å². The molecule has 1 aliphatic rings. The van der Waals surface area contributed by atoms with E-state index < -0.39 is 0 Å². The van der Waals surface area contributed by atoms with Crippen molar-refractivity contribution < 1.29 is 9.53 Å². The Morgan fingerprint density at radius 2 is 2.00 bits per heavy atom. The second-order valence-corrected chi connectivity index (χ2v) is 4.44. The summed E-state index contributed by atoms with van der Waals surface area (Å²) in [6.07, 6.45) is 0.602. The number of nitrogens with zero attached hydrogens (tertiary/aromatic N) is 1. The van der Waals surface area contributed by atoms with Gasteiger partial charge in [-0.3, -0.25) is 9.69 Å². The van der Waals surface area contributed by atoms with Crippen molar-refractivity contribution in [3.8, 4) is 0 Å². The number of morpholine rings is 1. The van der Waals surface area contributed by atoms with Gasteiger partial charge in [0.1, 0.15) is 0 Å². The van der Waals surface area contributed by atoms with Crippen molar-refractivity contribution in [1.29, 1.82) is 0 Å². The van der Waals surface area contributed by atoms with Crippen LogP contribution in [0.1, 0.15) is 22.3 Å². The van der Waals surface area contributed by atoms with E-state index >= 15 is 0 Å². The van der Waals surface area contributed by atoms with E-state index in [0.29, 0.717) is 6.42 Å². The molecular formula is C14H19NO2. The molecular weight excluding hydrogens is 214 g/mol. The number of rotatable bonds is 4. The molecule has 0 amide bonds. The SMILES string of the molecule is Cc1ccccc1C(=O)CCN1CCOCC1. The average molecular weight is 233 g/mol. The fraction of sp³-hybridized carbons (Fsp3) is 0.500. The number of carbonyl (C=O) groups is 1. The molecule has 17 heavy (non-hydrogen) atoms. The summed E-state index contributed by atoms with van der Waals surface area (Å²) in [7, 11) is 0. The molecule has 0 unspecified atom stereocenters. The van der Waals surface area contributed by atoms with Crippen molar-refractivity contribution in [3.63, 3.8) is 0 Å². The summed E-state index contributed by atoms with van der Waals surface area (Å²) in [6, 6.07) is 7.79. The van der Waals surface area contributed by atoms with E-state index in [1.54, 1.807) is 0 Å². The van der Waals surface area contributed by atoms with E-state index in [9.17, 15) is 4.79 Å². The zero-order valence-corrected chi connectivity index (χ0v) is 10.3. The molecule has 2 rings (SSSR count). The van der Waals surface area contributed by atoms with Crippen LogP contribution in [-0.4, -0.2) is 43.5 Å². The third-order valence-corrected chi connectivity index (χ3v) is 3.20. The quantitative estimate of drug-likeness (QED) is 0.744. The number of carbonyl (C=O) groups excluding carboxylic acids is 1. The summed E-state index contributed by atoms with van der Waals surface area (Å²) >= 11 is 0. The first-order valence-corrected chi connectivity index (χ1v) is 6.16. The van der Waals surface area contributed by atoms with Gasteiger partial charge in [0.2, 0.25) is 0 Å². The lowest BCUT2D eigenvalue weighted by Crippen LogP contribution is -2.37. The zero-order chi connectivity index (χ0) is 12.1. The summed E-state index contributed by atoms with van der Waals surface area (Å²) in [5.41, 5.74) is 1.93. The Hall–Kier alpha value is -1.19. The Labute approximate surface area is 102 Å². The minimum atomic E-state index is 0.245. The van der Waals surface area contributed by atoms with Crippen molar-refractivity contribution in [2.75, 3.05) is 32.8 Å². The molecule has 1 saturated heterocycles. The smallest absolute Gasteiger partial charge is 0.164 e. The largest absolute Gasteiger partial charge is 0.379 e. The van der Waals surface area contributed by atoms with Gasteiger partial charge in [-0.15, -0.1) is 0 Å². The van der Waals surface area contributed by atoms with Crippen LogP contribution in [0.3, 0.4) is 0 Å². The Morgan fingerprint density at radius 3 is 2.71 bits per heavy atom. The maximum Gasteiger partial charge on any atom is 0.164 e. The van der Waals surface area contributed by atoms with Gasteiger partial charge in [-0.05, 0) is 12.5 Å². The lowest BCUT2D eigenvalue weighted by atomic mass is 10.0. The average Bonchev–Trinajstić information content (AvgIpc) is 2.38. The Balaban J connectivity index is 1.87. The fourth-order valence-electron chi connectivity index (χ4n) is 2.10. The molecule has 0 bridgehead atoms. The van der Waals surface area contributed by atoms with Gasteiger partial charge in [0.15, 0.2) is 5.78 Å². The molecule has 0 aromatic heterocycles. The monoisotopic (exact) mass is 233 g/mol. The highest BCUT2D eigenvalue weighted by Crippen LogP contribution is 2.10. The molecule has 0 atom stereocenters. The van der Waals surface area contributed by atoms with E-state index in [1.165, 1.54) is 0 Å². The highest BCUT2D eigenvalue weighted by atomic mass is 16.5. The van der Waals surface area contributed by atoms with Gasteiger partial charge in [-0.2, -0.15) is 0 Å². The van der Waals surface area contributed by atoms with Crippen LogP contribution >= 0.6 is 0 Å². The van der Waals surface area contributed by atoms with Crippen molar-refractivity contribution in [3.05, 3.63) is 35.4 Å².